The van der Waals surface area contributed by atoms with Gasteiger partial charge in [0.25, 0.3) is 0 Å². The zero-order valence-electron chi connectivity index (χ0n) is 11.2. The van der Waals surface area contributed by atoms with Crippen molar-refractivity contribution in [3.05, 3.63) is 63.6 Å². The van der Waals surface area contributed by atoms with Gasteiger partial charge in [0.1, 0.15) is 0 Å². The molecule has 19 heavy (non-hydrogen) atoms. The summed E-state index contributed by atoms with van der Waals surface area (Å²) in [6, 6.07) is 14.8. The van der Waals surface area contributed by atoms with Crippen LogP contribution < -0.4 is 5.32 Å². The summed E-state index contributed by atoms with van der Waals surface area (Å²) < 4.78 is 6.20. The third-order valence-corrected chi connectivity index (χ3v) is 3.60. The van der Waals surface area contributed by atoms with E-state index in [2.05, 4.69) is 70.6 Å². The lowest BCUT2D eigenvalue weighted by atomic mass is 10.1. The summed E-state index contributed by atoms with van der Waals surface area (Å²) in [5.41, 5.74) is 4.82. The highest BCUT2D eigenvalue weighted by Gasteiger charge is 2.00. The predicted octanol–water partition coefficient (Wildman–Crippen LogP) is 4.52. The van der Waals surface area contributed by atoms with Gasteiger partial charge in [-0.2, -0.15) is 0 Å². The van der Waals surface area contributed by atoms with Crippen LogP contribution in [0.5, 0.6) is 0 Å². The first kappa shape index (κ1) is 14.1. The Morgan fingerprint density at radius 1 is 1.05 bits per heavy atom. The van der Waals surface area contributed by atoms with Gasteiger partial charge in [-0.05, 0) is 51.7 Å². The maximum absolute atomic E-state index is 5.10. The minimum Gasteiger partial charge on any atom is -0.380 e. The predicted molar refractivity (Wildman–Crippen MR) is 83.4 cm³/mol. The van der Waals surface area contributed by atoms with Crippen LogP contribution in [0.4, 0.5) is 5.69 Å². The molecule has 0 radical (unpaired) electrons. The monoisotopic (exact) mass is 319 g/mol. The summed E-state index contributed by atoms with van der Waals surface area (Å²) in [7, 11) is 1.71. The van der Waals surface area contributed by atoms with Crippen LogP contribution in [0.25, 0.3) is 0 Å². The first-order valence-corrected chi connectivity index (χ1v) is 7.05. The number of halogens is 1. The maximum atomic E-state index is 5.10. The number of hydrogen-bond donors (Lipinski definition) is 1. The number of rotatable bonds is 5. The van der Waals surface area contributed by atoms with Gasteiger partial charge < -0.3 is 10.1 Å². The van der Waals surface area contributed by atoms with Crippen LogP contribution in [0.15, 0.2) is 46.9 Å². The second-order valence-electron chi connectivity index (χ2n) is 4.59. The van der Waals surface area contributed by atoms with Crippen molar-refractivity contribution in [3.63, 3.8) is 0 Å². The minimum absolute atomic E-state index is 0.664. The Bertz CT molecular complexity index is 537. The SMILES string of the molecule is COCc1ccc(CNc2ccc(C)cc2Br)cc1. The van der Waals surface area contributed by atoms with E-state index in [1.165, 1.54) is 16.7 Å². The van der Waals surface area contributed by atoms with Crippen molar-refractivity contribution in [1.29, 1.82) is 0 Å². The Kier molecular flexibility index (Phi) is 5.00. The van der Waals surface area contributed by atoms with E-state index in [1.54, 1.807) is 7.11 Å². The summed E-state index contributed by atoms with van der Waals surface area (Å²) in [5.74, 6) is 0. The van der Waals surface area contributed by atoms with Crippen LogP contribution in [0, 0.1) is 6.92 Å². The lowest BCUT2D eigenvalue weighted by Crippen LogP contribution is -2.00. The number of aryl methyl sites for hydroxylation is 1. The number of benzene rings is 2. The van der Waals surface area contributed by atoms with E-state index in [1.807, 2.05) is 0 Å². The number of ether oxygens (including phenoxy) is 1. The lowest BCUT2D eigenvalue weighted by Gasteiger charge is -2.10. The Labute approximate surface area is 122 Å². The van der Waals surface area contributed by atoms with Gasteiger partial charge in [-0.25, -0.2) is 0 Å². The maximum Gasteiger partial charge on any atom is 0.0713 e. The Balaban J connectivity index is 1.98. The lowest BCUT2D eigenvalue weighted by molar-refractivity contribution is 0.185. The van der Waals surface area contributed by atoms with E-state index in [-0.39, 0.29) is 0 Å². The molecule has 100 valence electrons. The standard InChI is InChI=1S/C16H18BrNO/c1-12-3-8-16(15(17)9-12)18-10-13-4-6-14(7-5-13)11-19-2/h3-9,18H,10-11H2,1-2H3. The highest BCUT2D eigenvalue weighted by molar-refractivity contribution is 9.10. The Morgan fingerprint density at radius 2 is 1.74 bits per heavy atom. The van der Waals surface area contributed by atoms with Gasteiger partial charge in [-0.1, -0.05) is 30.3 Å². The average Bonchev–Trinajstić information content (AvgIpc) is 2.40. The van der Waals surface area contributed by atoms with Crippen LogP contribution in [0.3, 0.4) is 0 Å². The fraction of sp³-hybridized carbons (Fsp3) is 0.250. The fourth-order valence-electron chi connectivity index (χ4n) is 1.88. The zero-order valence-corrected chi connectivity index (χ0v) is 12.8. The molecule has 0 spiro atoms. The summed E-state index contributed by atoms with van der Waals surface area (Å²) in [4.78, 5) is 0. The first-order valence-electron chi connectivity index (χ1n) is 6.26. The summed E-state index contributed by atoms with van der Waals surface area (Å²) in [6.45, 7) is 3.56. The molecule has 2 rings (SSSR count). The van der Waals surface area contributed by atoms with Crippen LogP contribution in [-0.4, -0.2) is 7.11 Å². The topological polar surface area (TPSA) is 21.3 Å². The molecule has 0 heterocycles. The van der Waals surface area contributed by atoms with Gasteiger partial charge in [-0.3, -0.25) is 0 Å². The van der Waals surface area contributed by atoms with Gasteiger partial charge in [0.15, 0.2) is 0 Å². The van der Waals surface area contributed by atoms with Crippen LogP contribution in [0.1, 0.15) is 16.7 Å². The molecule has 0 unspecified atom stereocenters. The van der Waals surface area contributed by atoms with Crippen molar-refractivity contribution in [2.24, 2.45) is 0 Å². The highest BCUT2D eigenvalue weighted by atomic mass is 79.9. The molecular weight excluding hydrogens is 302 g/mol. The quantitative estimate of drug-likeness (QED) is 0.875. The molecule has 0 aliphatic heterocycles. The van der Waals surface area contributed by atoms with E-state index >= 15 is 0 Å². The molecule has 0 fully saturated rings. The van der Waals surface area contributed by atoms with Crippen molar-refractivity contribution in [2.45, 2.75) is 20.1 Å². The number of nitrogens with one attached hydrogen (secondary N) is 1. The Morgan fingerprint density at radius 3 is 2.37 bits per heavy atom. The molecular formula is C16H18BrNO. The molecule has 0 amide bonds. The normalized spacial score (nSPS) is 10.5. The second-order valence-corrected chi connectivity index (χ2v) is 5.44. The molecule has 2 aromatic carbocycles. The van der Waals surface area contributed by atoms with E-state index in [9.17, 15) is 0 Å². The summed E-state index contributed by atoms with van der Waals surface area (Å²) in [6.07, 6.45) is 0. The van der Waals surface area contributed by atoms with Crippen molar-refractivity contribution in [1.82, 2.24) is 0 Å². The molecule has 0 bridgehead atoms. The first-order chi connectivity index (χ1) is 9.19. The fourth-order valence-corrected chi connectivity index (χ4v) is 2.51. The summed E-state index contributed by atoms with van der Waals surface area (Å²) in [5, 5.41) is 3.43. The van der Waals surface area contributed by atoms with Gasteiger partial charge in [-0.15, -0.1) is 0 Å². The average molecular weight is 320 g/mol. The molecule has 2 nitrogen and oxygen atoms in total. The molecule has 2 aromatic rings. The second kappa shape index (κ2) is 6.73. The number of methoxy groups -OCH3 is 1. The van der Waals surface area contributed by atoms with Crippen LogP contribution >= 0.6 is 15.9 Å². The smallest absolute Gasteiger partial charge is 0.0713 e. The molecule has 3 heteroatoms. The molecule has 1 N–H and O–H groups in total. The van der Waals surface area contributed by atoms with Crippen LogP contribution in [-0.2, 0) is 17.9 Å². The molecule has 0 aliphatic rings. The molecule has 0 aliphatic carbocycles. The van der Waals surface area contributed by atoms with E-state index < -0.39 is 0 Å². The number of anilines is 1. The molecule has 0 saturated carbocycles. The van der Waals surface area contributed by atoms with E-state index in [0.717, 1.165) is 16.7 Å². The largest absolute Gasteiger partial charge is 0.380 e. The molecule has 0 aromatic heterocycles. The summed E-state index contributed by atoms with van der Waals surface area (Å²) >= 11 is 3.57. The van der Waals surface area contributed by atoms with Crippen LogP contribution in [0.2, 0.25) is 0 Å². The van der Waals surface area contributed by atoms with Crippen molar-refractivity contribution < 1.29 is 4.74 Å². The van der Waals surface area contributed by atoms with Gasteiger partial charge in [0, 0.05) is 23.8 Å². The van der Waals surface area contributed by atoms with Gasteiger partial charge in [0.05, 0.1) is 6.61 Å². The number of hydrogen-bond acceptors (Lipinski definition) is 2. The van der Waals surface area contributed by atoms with Crippen molar-refractivity contribution in [2.75, 3.05) is 12.4 Å². The highest BCUT2D eigenvalue weighted by Crippen LogP contribution is 2.23. The van der Waals surface area contributed by atoms with Gasteiger partial charge in [0.2, 0.25) is 0 Å². The molecule has 0 atom stereocenters. The van der Waals surface area contributed by atoms with Crippen molar-refractivity contribution in [3.8, 4) is 0 Å². The molecule has 0 saturated heterocycles. The Hall–Kier alpha value is -1.32. The third-order valence-electron chi connectivity index (χ3n) is 2.94. The third kappa shape index (κ3) is 4.08. The van der Waals surface area contributed by atoms with Crippen molar-refractivity contribution >= 4 is 21.6 Å². The zero-order chi connectivity index (χ0) is 13.7. The van der Waals surface area contributed by atoms with E-state index in [0.29, 0.717) is 6.61 Å². The van der Waals surface area contributed by atoms with Gasteiger partial charge >= 0.3 is 0 Å². The van der Waals surface area contributed by atoms with E-state index in [4.69, 9.17) is 4.74 Å². The minimum atomic E-state index is 0.664.